The fraction of sp³-hybridized carbons (Fsp3) is 0.583. The van der Waals surface area contributed by atoms with E-state index >= 15 is 0 Å². The molecule has 7 heteroatoms. The van der Waals surface area contributed by atoms with E-state index in [1.807, 2.05) is 4.57 Å². The second-order valence-corrected chi connectivity index (χ2v) is 4.86. The van der Waals surface area contributed by atoms with Gasteiger partial charge in [-0.2, -0.15) is 0 Å². The van der Waals surface area contributed by atoms with Crippen molar-refractivity contribution in [3.05, 3.63) is 27.2 Å². The first kappa shape index (κ1) is 12.2. The predicted octanol–water partition coefficient (Wildman–Crippen LogP) is -0.549. The van der Waals surface area contributed by atoms with E-state index in [9.17, 15) is 9.59 Å². The molecule has 0 radical (unpaired) electrons. The molecular formula is C12H17N5O2. The minimum atomic E-state index is -0.310. The molecule has 3 heterocycles. The van der Waals surface area contributed by atoms with E-state index in [1.54, 1.807) is 20.3 Å². The number of imidazole rings is 1. The molecule has 0 aliphatic carbocycles. The molecule has 0 aromatic carbocycles. The van der Waals surface area contributed by atoms with Gasteiger partial charge in [-0.15, -0.1) is 0 Å². The van der Waals surface area contributed by atoms with Crippen LogP contribution in [-0.2, 0) is 13.6 Å². The molecule has 0 saturated carbocycles. The van der Waals surface area contributed by atoms with Crippen LogP contribution in [0, 0.1) is 0 Å². The van der Waals surface area contributed by atoms with Crippen molar-refractivity contribution in [2.45, 2.75) is 25.9 Å². The largest absolute Gasteiger partial charge is 0.332 e. The highest BCUT2D eigenvalue weighted by Crippen LogP contribution is 2.18. The Labute approximate surface area is 109 Å². The van der Waals surface area contributed by atoms with Gasteiger partial charge in [0.1, 0.15) is 0 Å². The number of hydrogen-bond acceptors (Lipinski definition) is 4. The minimum absolute atomic E-state index is 0.237. The van der Waals surface area contributed by atoms with E-state index in [1.165, 1.54) is 9.13 Å². The van der Waals surface area contributed by atoms with Crippen molar-refractivity contribution in [1.82, 2.24) is 24.0 Å². The monoisotopic (exact) mass is 263 g/mol. The Morgan fingerprint density at radius 1 is 1.47 bits per heavy atom. The van der Waals surface area contributed by atoms with Gasteiger partial charge in [0.05, 0.1) is 6.33 Å². The van der Waals surface area contributed by atoms with Gasteiger partial charge in [-0.05, 0) is 19.9 Å². The quantitative estimate of drug-likeness (QED) is 0.789. The second-order valence-electron chi connectivity index (χ2n) is 4.86. The Morgan fingerprint density at radius 2 is 2.26 bits per heavy atom. The number of aryl methyl sites for hydroxylation is 1. The lowest BCUT2D eigenvalue weighted by atomic mass is 10.2. The topological polar surface area (TPSA) is 73.8 Å². The summed E-state index contributed by atoms with van der Waals surface area (Å²) in [5, 5.41) is 3.27. The minimum Gasteiger partial charge on any atom is -0.320 e. The molecule has 2 aromatic heterocycles. The molecule has 1 aliphatic rings. The van der Waals surface area contributed by atoms with Crippen molar-refractivity contribution in [3.63, 3.8) is 0 Å². The number of aromatic nitrogens is 4. The zero-order valence-corrected chi connectivity index (χ0v) is 11.1. The van der Waals surface area contributed by atoms with E-state index < -0.39 is 0 Å². The van der Waals surface area contributed by atoms with Gasteiger partial charge in [0.25, 0.3) is 5.56 Å². The highest BCUT2D eigenvalue weighted by molar-refractivity contribution is 5.70. The van der Waals surface area contributed by atoms with Crippen molar-refractivity contribution in [2.75, 3.05) is 13.1 Å². The predicted molar refractivity (Wildman–Crippen MR) is 71.4 cm³/mol. The van der Waals surface area contributed by atoms with Crippen LogP contribution in [0.25, 0.3) is 11.2 Å². The highest BCUT2D eigenvalue weighted by Gasteiger charge is 2.22. The Hall–Kier alpha value is -1.89. The van der Waals surface area contributed by atoms with Crippen LogP contribution in [0.3, 0.4) is 0 Å². The molecule has 1 atom stereocenters. The maximum atomic E-state index is 12.4. The van der Waals surface area contributed by atoms with Crippen molar-refractivity contribution >= 4 is 11.2 Å². The maximum Gasteiger partial charge on any atom is 0.332 e. The number of fused-ring (bicyclic) bond motifs is 1. The normalized spacial score (nSPS) is 19.4. The van der Waals surface area contributed by atoms with Gasteiger partial charge >= 0.3 is 5.69 Å². The molecule has 1 aliphatic heterocycles. The number of rotatable bonds is 2. The summed E-state index contributed by atoms with van der Waals surface area (Å²) >= 11 is 0. The van der Waals surface area contributed by atoms with Gasteiger partial charge in [0.2, 0.25) is 0 Å². The van der Waals surface area contributed by atoms with E-state index in [2.05, 4.69) is 10.3 Å². The van der Waals surface area contributed by atoms with E-state index in [-0.39, 0.29) is 17.3 Å². The molecular weight excluding hydrogens is 246 g/mol. The lowest BCUT2D eigenvalue weighted by Crippen LogP contribution is -2.39. The summed E-state index contributed by atoms with van der Waals surface area (Å²) in [6.45, 7) is 3.94. The average Bonchev–Trinajstić information content (AvgIpc) is 3.05. The van der Waals surface area contributed by atoms with Crippen LogP contribution >= 0.6 is 0 Å². The smallest absolute Gasteiger partial charge is 0.320 e. The van der Waals surface area contributed by atoms with Gasteiger partial charge in [-0.1, -0.05) is 0 Å². The van der Waals surface area contributed by atoms with Crippen LogP contribution < -0.4 is 16.6 Å². The average molecular weight is 263 g/mol. The molecule has 0 amide bonds. The number of nitrogens with one attached hydrogen (secondary N) is 1. The summed E-state index contributed by atoms with van der Waals surface area (Å²) in [5.41, 5.74) is 0.434. The first-order valence-corrected chi connectivity index (χ1v) is 6.52. The molecule has 0 bridgehead atoms. The lowest BCUT2D eigenvalue weighted by Gasteiger charge is -2.12. The van der Waals surface area contributed by atoms with Crippen LogP contribution in [-0.4, -0.2) is 31.8 Å². The van der Waals surface area contributed by atoms with Gasteiger partial charge in [-0.3, -0.25) is 13.9 Å². The summed E-state index contributed by atoms with van der Waals surface area (Å²) in [6, 6.07) is 0.237. The lowest BCUT2D eigenvalue weighted by molar-refractivity contribution is 0.554. The summed E-state index contributed by atoms with van der Waals surface area (Å²) in [5.74, 6) is 0. The van der Waals surface area contributed by atoms with Gasteiger partial charge in [0.15, 0.2) is 11.2 Å². The van der Waals surface area contributed by atoms with E-state index in [4.69, 9.17) is 0 Å². The number of nitrogens with zero attached hydrogens (tertiary/aromatic N) is 4. The fourth-order valence-corrected chi connectivity index (χ4v) is 2.72. The van der Waals surface area contributed by atoms with Gasteiger partial charge < -0.3 is 9.88 Å². The Balaban J connectivity index is 2.36. The zero-order chi connectivity index (χ0) is 13.6. The van der Waals surface area contributed by atoms with E-state index in [0.29, 0.717) is 17.7 Å². The summed E-state index contributed by atoms with van der Waals surface area (Å²) in [6.07, 6.45) is 2.64. The van der Waals surface area contributed by atoms with Crippen LogP contribution in [0.4, 0.5) is 0 Å². The van der Waals surface area contributed by atoms with Crippen molar-refractivity contribution in [2.24, 2.45) is 7.05 Å². The van der Waals surface area contributed by atoms with Gasteiger partial charge in [-0.25, -0.2) is 9.78 Å². The molecule has 3 rings (SSSR count). The maximum absolute atomic E-state index is 12.4. The van der Waals surface area contributed by atoms with Crippen molar-refractivity contribution in [3.8, 4) is 0 Å². The third kappa shape index (κ3) is 1.65. The third-order valence-corrected chi connectivity index (χ3v) is 3.80. The molecule has 1 fully saturated rings. The molecule has 2 aromatic rings. The molecule has 7 nitrogen and oxygen atoms in total. The Bertz CT molecular complexity index is 733. The van der Waals surface area contributed by atoms with Crippen molar-refractivity contribution < 1.29 is 0 Å². The van der Waals surface area contributed by atoms with Crippen LogP contribution in [0.5, 0.6) is 0 Å². The van der Waals surface area contributed by atoms with Crippen molar-refractivity contribution in [1.29, 1.82) is 0 Å². The van der Waals surface area contributed by atoms with Crippen LogP contribution in [0.2, 0.25) is 0 Å². The summed E-state index contributed by atoms with van der Waals surface area (Å²) < 4.78 is 4.60. The summed E-state index contributed by atoms with van der Waals surface area (Å²) in [4.78, 5) is 28.7. The first-order valence-electron chi connectivity index (χ1n) is 6.52. The SMILES string of the molecule is CCn1c(=O)c2c(ncn2C2CCNC2)n(C)c1=O. The third-order valence-electron chi connectivity index (χ3n) is 3.80. The molecule has 19 heavy (non-hydrogen) atoms. The Morgan fingerprint density at radius 3 is 2.89 bits per heavy atom. The molecule has 1 unspecified atom stereocenters. The summed E-state index contributed by atoms with van der Waals surface area (Å²) in [7, 11) is 1.65. The second kappa shape index (κ2) is 4.34. The molecule has 1 saturated heterocycles. The number of hydrogen-bond donors (Lipinski definition) is 1. The molecule has 1 N–H and O–H groups in total. The first-order chi connectivity index (χ1) is 9.15. The highest BCUT2D eigenvalue weighted by atomic mass is 16.2. The van der Waals surface area contributed by atoms with Crippen LogP contribution in [0.15, 0.2) is 15.9 Å². The van der Waals surface area contributed by atoms with E-state index in [0.717, 1.165) is 19.5 Å². The standard InChI is InChI=1S/C12H17N5O2/c1-3-16-11(18)9-10(15(2)12(16)19)14-7-17(9)8-4-5-13-6-8/h7-8,13H,3-6H2,1-2H3. The van der Waals surface area contributed by atoms with Crippen LogP contribution in [0.1, 0.15) is 19.4 Å². The molecule has 0 spiro atoms. The fourth-order valence-electron chi connectivity index (χ4n) is 2.72. The zero-order valence-electron chi connectivity index (χ0n) is 11.1. The Kier molecular flexibility index (Phi) is 2.78. The van der Waals surface area contributed by atoms with Gasteiger partial charge in [0, 0.05) is 26.2 Å². The molecule has 102 valence electrons.